The largest absolute Gasteiger partial charge is 0.348 e. The second-order valence-electron chi connectivity index (χ2n) is 4.68. The molecule has 116 valence electrons. The van der Waals surface area contributed by atoms with E-state index < -0.39 is 11.8 Å². The molecule has 0 bridgehead atoms. The number of aromatic nitrogens is 3. The lowest BCUT2D eigenvalue weighted by molar-refractivity contribution is -0.139. The molecule has 1 heterocycles. The molecule has 0 aliphatic carbocycles. The zero-order chi connectivity index (χ0) is 15.9. The zero-order valence-corrected chi connectivity index (χ0v) is 12.2. The van der Waals surface area contributed by atoms with Gasteiger partial charge in [-0.3, -0.25) is 14.4 Å². The number of hydrogen-bond donors (Lipinski definition) is 2. The fraction of sp³-hybridized carbons (Fsp3) is 0.357. The van der Waals surface area contributed by atoms with Gasteiger partial charge in [-0.05, 0) is 18.6 Å². The summed E-state index contributed by atoms with van der Waals surface area (Å²) in [4.78, 5) is 35.2. The predicted molar refractivity (Wildman–Crippen MR) is 79.9 cm³/mol. The lowest BCUT2D eigenvalue weighted by Crippen LogP contribution is -2.42. The van der Waals surface area contributed by atoms with E-state index in [0.29, 0.717) is 17.4 Å². The number of unbranched alkanes of at least 4 members (excludes halogenated alkanes) is 1. The maximum absolute atomic E-state index is 12.1. The number of carbonyl (C=O) groups excluding carboxylic acids is 2. The molecule has 8 heteroatoms. The molecule has 2 aromatic rings. The molecule has 0 unspecified atom stereocenters. The van der Waals surface area contributed by atoms with Crippen LogP contribution in [0.2, 0.25) is 0 Å². The fourth-order valence-electron chi connectivity index (χ4n) is 1.81. The molecule has 2 N–H and O–H groups in total. The number of carbonyl (C=O) groups is 2. The molecule has 1 aromatic carbocycles. The van der Waals surface area contributed by atoms with Crippen LogP contribution >= 0.6 is 0 Å². The van der Waals surface area contributed by atoms with Crippen molar-refractivity contribution in [1.29, 1.82) is 0 Å². The molecule has 0 saturated heterocycles. The van der Waals surface area contributed by atoms with E-state index in [2.05, 4.69) is 20.9 Å². The van der Waals surface area contributed by atoms with Gasteiger partial charge in [-0.2, -0.15) is 4.68 Å². The van der Waals surface area contributed by atoms with E-state index in [0.717, 1.165) is 17.5 Å². The van der Waals surface area contributed by atoms with Crippen LogP contribution in [0, 0.1) is 0 Å². The molecule has 0 fully saturated rings. The summed E-state index contributed by atoms with van der Waals surface area (Å²) >= 11 is 0. The van der Waals surface area contributed by atoms with E-state index in [1.807, 2.05) is 6.92 Å². The van der Waals surface area contributed by atoms with E-state index >= 15 is 0 Å². The minimum absolute atomic E-state index is 0.212. The highest BCUT2D eigenvalue weighted by Crippen LogP contribution is 2.02. The molecular weight excluding hydrogens is 286 g/mol. The SMILES string of the molecule is CCCCNC(=O)C(=O)NCn1nnc2ccccc2c1=O. The van der Waals surface area contributed by atoms with Crippen molar-refractivity contribution in [2.75, 3.05) is 6.54 Å². The first kappa shape index (κ1) is 15.6. The van der Waals surface area contributed by atoms with E-state index in [9.17, 15) is 14.4 Å². The summed E-state index contributed by atoms with van der Waals surface area (Å²) in [6.07, 6.45) is 1.72. The lowest BCUT2D eigenvalue weighted by Gasteiger charge is -2.07. The van der Waals surface area contributed by atoms with E-state index in [1.165, 1.54) is 0 Å². The summed E-state index contributed by atoms with van der Waals surface area (Å²) in [7, 11) is 0. The van der Waals surface area contributed by atoms with Gasteiger partial charge in [0.25, 0.3) is 5.56 Å². The smallest absolute Gasteiger partial charge is 0.310 e. The first-order valence-corrected chi connectivity index (χ1v) is 7.02. The molecule has 2 amide bonds. The molecule has 0 aliphatic heterocycles. The number of hydrogen-bond acceptors (Lipinski definition) is 5. The lowest BCUT2D eigenvalue weighted by atomic mass is 10.2. The average molecular weight is 303 g/mol. The van der Waals surface area contributed by atoms with Gasteiger partial charge in [0.2, 0.25) is 0 Å². The number of nitrogens with zero attached hydrogens (tertiary/aromatic N) is 3. The predicted octanol–water partition coefficient (Wildman–Crippen LogP) is -0.218. The van der Waals surface area contributed by atoms with Gasteiger partial charge >= 0.3 is 11.8 Å². The molecule has 2 rings (SSSR count). The van der Waals surface area contributed by atoms with Crippen molar-refractivity contribution in [1.82, 2.24) is 25.6 Å². The summed E-state index contributed by atoms with van der Waals surface area (Å²) < 4.78 is 1.000. The van der Waals surface area contributed by atoms with E-state index in [-0.39, 0.29) is 12.2 Å². The Morgan fingerprint density at radius 1 is 1.18 bits per heavy atom. The van der Waals surface area contributed by atoms with Crippen LogP contribution in [0.15, 0.2) is 29.1 Å². The quantitative estimate of drug-likeness (QED) is 0.587. The van der Waals surface area contributed by atoms with Crippen molar-refractivity contribution < 1.29 is 9.59 Å². The zero-order valence-electron chi connectivity index (χ0n) is 12.2. The number of benzene rings is 1. The van der Waals surface area contributed by atoms with Crippen LogP contribution in [0.1, 0.15) is 19.8 Å². The summed E-state index contributed by atoms with van der Waals surface area (Å²) in [5.74, 6) is -1.53. The Bertz CT molecular complexity index is 741. The Labute approximate surface area is 126 Å². The Balaban J connectivity index is 2.00. The topological polar surface area (TPSA) is 106 Å². The monoisotopic (exact) mass is 303 g/mol. The molecular formula is C14H17N5O3. The van der Waals surface area contributed by atoms with Crippen molar-refractivity contribution in [3.63, 3.8) is 0 Å². The van der Waals surface area contributed by atoms with Gasteiger partial charge in [-0.25, -0.2) is 0 Å². The van der Waals surface area contributed by atoms with Crippen LogP contribution in [-0.4, -0.2) is 33.4 Å². The molecule has 0 atom stereocenters. The first-order valence-electron chi connectivity index (χ1n) is 7.02. The fourth-order valence-corrected chi connectivity index (χ4v) is 1.81. The van der Waals surface area contributed by atoms with Gasteiger partial charge < -0.3 is 10.6 Å². The van der Waals surface area contributed by atoms with Gasteiger partial charge in [0, 0.05) is 6.54 Å². The molecule has 22 heavy (non-hydrogen) atoms. The highest BCUT2D eigenvalue weighted by molar-refractivity contribution is 6.35. The van der Waals surface area contributed by atoms with Crippen molar-refractivity contribution in [3.05, 3.63) is 34.6 Å². The van der Waals surface area contributed by atoms with Crippen LogP contribution in [0.25, 0.3) is 10.9 Å². The summed E-state index contributed by atoms with van der Waals surface area (Å²) in [5, 5.41) is 12.8. The Hall–Kier alpha value is -2.77. The van der Waals surface area contributed by atoms with E-state index in [4.69, 9.17) is 0 Å². The maximum Gasteiger partial charge on any atom is 0.310 e. The summed E-state index contributed by atoms with van der Waals surface area (Å²) in [5.41, 5.74) is 0.102. The Kier molecular flexibility index (Phi) is 5.18. The summed E-state index contributed by atoms with van der Waals surface area (Å²) in [6.45, 7) is 2.21. The second kappa shape index (κ2) is 7.30. The van der Waals surface area contributed by atoms with Crippen LogP contribution < -0.4 is 16.2 Å². The molecule has 1 aromatic heterocycles. The Morgan fingerprint density at radius 3 is 2.68 bits per heavy atom. The molecule has 0 aliphatic rings. The minimum Gasteiger partial charge on any atom is -0.348 e. The number of amides is 2. The normalized spacial score (nSPS) is 10.4. The van der Waals surface area contributed by atoms with Gasteiger partial charge in [-0.15, -0.1) is 5.10 Å². The van der Waals surface area contributed by atoms with Gasteiger partial charge in [0.1, 0.15) is 12.2 Å². The standard InChI is InChI=1S/C14H17N5O3/c1-2-3-8-15-12(20)13(21)16-9-19-14(22)10-6-4-5-7-11(10)17-18-19/h4-7H,2-3,8-9H2,1H3,(H,15,20)(H,16,21). The number of nitrogens with one attached hydrogen (secondary N) is 2. The van der Waals surface area contributed by atoms with Crippen LogP contribution in [-0.2, 0) is 16.3 Å². The Morgan fingerprint density at radius 2 is 1.91 bits per heavy atom. The minimum atomic E-state index is -0.807. The van der Waals surface area contributed by atoms with Crippen molar-refractivity contribution in [2.24, 2.45) is 0 Å². The number of rotatable bonds is 5. The highest BCUT2D eigenvalue weighted by atomic mass is 16.2. The first-order chi connectivity index (χ1) is 10.6. The second-order valence-corrected chi connectivity index (χ2v) is 4.68. The van der Waals surface area contributed by atoms with Crippen LogP contribution in [0.5, 0.6) is 0 Å². The third-order valence-electron chi connectivity index (χ3n) is 3.04. The maximum atomic E-state index is 12.1. The van der Waals surface area contributed by atoms with Gasteiger partial charge in [0.05, 0.1) is 5.39 Å². The average Bonchev–Trinajstić information content (AvgIpc) is 2.54. The van der Waals surface area contributed by atoms with Crippen LogP contribution in [0.3, 0.4) is 0 Å². The van der Waals surface area contributed by atoms with Gasteiger partial charge in [0.15, 0.2) is 0 Å². The third kappa shape index (κ3) is 3.66. The van der Waals surface area contributed by atoms with Crippen molar-refractivity contribution in [2.45, 2.75) is 26.4 Å². The van der Waals surface area contributed by atoms with Crippen LogP contribution in [0.4, 0.5) is 0 Å². The summed E-state index contributed by atoms with van der Waals surface area (Å²) in [6, 6.07) is 6.77. The van der Waals surface area contributed by atoms with Gasteiger partial charge in [-0.1, -0.05) is 30.7 Å². The molecule has 0 spiro atoms. The molecule has 0 saturated carbocycles. The molecule has 8 nitrogen and oxygen atoms in total. The molecule has 0 radical (unpaired) electrons. The van der Waals surface area contributed by atoms with Crippen molar-refractivity contribution in [3.8, 4) is 0 Å². The van der Waals surface area contributed by atoms with Crippen molar-refractivity contribution >= 4 is 22.7 Å². The number of fused-ring (bicyclic) bond motifs is 1. The third-order valence-corrected chi connectivity index (χ3v) is 3.04. The van der Waals surface area contributed by atoms with E-state index in [1.54, 1.807) is 24.3 Å². The highest BCUT2D eigenvalue weighted by Gasteiger charge is 2.13.